The normalized spacial score (nSPS) is 19.5. The van der Waals surface area contributed by atoms with Gasteiger partial charge in [0.25, 0.3) is 11.8 Å². The number of carbonyl (C=O) groups is 2. The molecule has 2 amide bonds. The highest BCUT2D eigenvalue weighted by Gasteiger charge is 2.30. The van der Waals surface area contributed by atoms with Crippen molar-refractivity contribution in [3.05, 3.63) is 69.1 Å². The van der Waals surface area contributed by atoms with E-state index >= 15 is 0 Å². The molecule has 0 unspecified atom stereocenters. The zero-order valence-electron chi connectivity index (χ0n) is 20.7. The molecule has 0 radical (unpaired) electrons. The Morgan fingerprint density at radius 3 is 2.34 bits per heavy atom. The maximum atomic E-state index is 13.5. The van der Waals surface area contributed by atoms with Gasteiger partial charge in [0.1, 0.15) is 11.1 Å². The van der Waals surface area contributed by atoms with Crippen molar-refractivity contribution in [2.24, 2.45) is 0 Å². The number of piperazine rings is 1. The summed E-state index contributed by atoms with van der Waals surface area (Å²) >= 11 is 0. The molecule has 1 aromatic carbocycles. The molecule has 186 valence electrons. The lowest BCUT2D eigenvalue weighted by Gasteiger charge is -2.35. The molecule has 5 rings (SSSR count). The molecule has 2 heterocycles. The molecule has 35 heavy (non-hydrogen) atoms. The molecule has 7 heteroatoms. The lowest BCUT2D eigenvalue weighted by Crippen LogP contribution is -2.49. The number of carbonyl (C=O) groups excluding carboxylic acids is 2. The Hall–Kier alpha value is -2.93. The van der Waals surface area contributed by atoms with Crippen molar-refractivity contribution in [3.8, 4) is 0 Å². The zero-order chi connectivity index (χ0) is 24.4. The van der Waals surface area contributed by atoms with Crippen LogP contribution in [0.4, 0.5) is 0 Å². The van der Waals surface area contributed by atoms with Crippen molar-refractivity contribution in [3.63, 3.8) is 0 Å². The fourth-order valence-electron chi connectivity index (χ4n) is 5.34. The molecule has 3 aliphatic rings. The van der Waals surface area contributed by atoms with Crippen LogP contribution in [-0.4, -0.2) is 58.4 Å². The van der Waals surface area contributed by atoms with Gasteiger partial charge in [0, 0.05) is 57.2 Å². The predicted molar refractivity (Wildman–Crippen MR) is 136 cm³/mol. The van der Waals surface area contributed by atoms with Gasteiger partial charge in [-0.1, -0.05) is 49.1 Å². The summed E-state index contributed by atoms with van der Waals surface area (Å²) in [5.74, 6) is -0.601. The van der Waals surface area contributed by atoms with Crippen LogP contribution in [0.25, 0.3) is 0 Å². The van der Waals surface area contributed by atoms with Crippen LogP contribution in [0.1, 0.15) is 82.8 Å². The fraction of sp³-hybridized carbons (Fsp3) is 0.536. The summed E-state index contributed by atoms with van der Waals surface area (Å²) < 4.78 is 1.98. The van der Waals surface area contributed by atoms with E-state index in [2.05, 4.69) is 41.4 Å². The van der Waals surface area contributed by atoms with Gasteiger partial charge in [0.15, 0.2) is 0 Å². The minimum Gasteiger partial charge on any atom is -0.349 e. The van der Waals surface area contributed by atoms with Crippen molar-refractivity contribution in [2.45, 2.75) is 70.5 Å². The first-order valence-corrected chi connectivity index (χ1v) is 13.1. The van der Waals surface area contributed by atoms with Gasteiger partial charge in [-0.15, -0.1) is 0 Å². The van der Waals surface area contributed by atoms with E-state index in [9.17, 15) is 14.4 Å². The molecule has 2 saturated carbocycles. The average molecular weight is 477 g/mol. The molecular formula is C28H36N4O3. The van der Waals surface area contributed by atoms with Gasteiger partial charge in [-0.05, 0) is 38.2 Å². The van der Waals surface area contributed by atoms with Crippen LogP contribution in [-0.2, 0) is 6.54 Å². The van der Waals surface area contributed by atoms with Gasteiger partial charge in [-0.3, -0.25) is 19.3 Å². The van der Waals surface area contributed by atoms with Crippen LogP contribution in [0.5, 0.6) is 0 Å². The van der Waals surface area contributed by atoms with Gasteiger partial charge in [-0.2, -0.15) is 0 Å². The minimum absolute atomic E-state index is 0.103. The first-order valence-electron chi connectivity index (χ1n) is 13.1. The van der Waals surface area contributed by atoms with E-state index in [1.165, 1.54) is 17.5 Å². The summed E-state index contributed by atoms with van der Waals surface area (Å²) in [4.78, 5) is 43.9. The maximum Gasteiger partial charge on any atom is 0.259 e. The number of aryl methyl sites for hydroxylation is 1. The summed E-state index contributed by atoms with van der Waals surface area (Å²) in [7, 11) is 0. The smallest absolute Gasteiger partial charge is 0.259 e. The number of benzene rings is 1. The van der Waals surface area contributed by atoms with Crippen LogP contribution in [0, 0.1) is 6.92 Å². The van der Waals surface area contributed by atoms with E-state index in [-0.39, 0.29) is 35.0 Å². The summed E-state index contributed by atoms with van der Waals surface area (Å²) in [6.45, 7) is 5.63. The van der Waals surface area contributed by atoms with E-state index in [4.69, 9.17) is 0 Å². The Kier molecular flexibility index (Phi) is 7.04. The third-order valence-corrected chi connectivity index (χ3v) is 7.58. The zero-order valence-corrected chi connectivity index (χ0v) is 20.7. The second-order valence-corrected chi connectivity index (χ2v) is 10.5. The lowest BCUT2D eigenvalue weighted by atomic mass is 9.95. The Morgan fingerprint density at radius 1 is 0.943 bits per heavy atom. The van der Waals surface area contributed by atoms with Crippen molar-refractivity contribution < 1.29 is 9.59 Å². The quantitative estimate of drug-likeness (QED) is 0.692. The summed E-state index contributed by atoms with van der Waals surface area (Å²) in [5.41, 5.74) is 2.31. The highest BCUT2D eigenvalue weighted by molar-refractivity contribution is 5.99. The number of rotatable bonds is 6. The van der Waals surface area contributed by atoms with Crippen molar-refractivity contribution in [1.29, 1.82) is 0 Å². The Balaban J connectivity index is 1.33. The molecule has 2 aromatic rings. The highest BCUT2D eigenvalue weighted by atomic mass is 16.2. The molecule has 7 nitrogen and oxygen atoms in total. The van der Waals surface area contributed by atoms with E-state index in [0.717, 1.165) is 58.2 Å². The lowest BCUT2D eigenvalue weighted by molar-refractivity contribution is 0.0626. The number of hydrogen-bond acceptors (Lipinski definition) is 4. The number of pyridine rings is 1. The van der Waals surface area contributed by atoms with E-state index in [1.54, 1.807) is 17.3 Å². The highest BCUT2D eigenvalue weighted by Crippen LogP contribution is 2.28. The molecule has 3 fully saturated rings. The van der Waals surface area contributed by atoms with Crippen LogP contribution < -0.4 is 10.7 Å². The Bertz CT molecular complexity index is 1140. The molecular weight excluding hydrogens is 440 g/mol. The van der Waals surface area contributed by atoms with Crippen molar-refractivity contribution in [1.82, 2.24) is 19.7 Å². The predicted octanol–water partition coefficient (Wildman–Crippen LogP) is 3.51. The fourth-order valence-corrected chi connectivity index (χ4v) is 5.34. The number of amides is 2. The second kappa shape index (κ2) is 10.4. The van der Waals surface area contributed by atoms with Crippen molar-refractivity contribution >= 4 is 11.8 Å². The van der Waals surface area contributed by atoms with E-state index in [0.29, 0.717) is 13.1 Å². The third kappa shape index (κ3) is 5.67. The molecule has 0 atom stereocenters. The number of nitrogens with zero attached hydrogens (tertiary/aromatic N) is 3. The van der Waals surface area contributed by atoms with Gasteiger partial charge >= 0.3 is 0 Å². The topological polar surface area (TPSA) is 74.7 Å². The molecule has 1 aliphatic heterocycles. The Labute approximate surface area is 207 Å². The first-order chi connectivity index (χ1) is 17.0. The van der Waals surface area contributed by atoms with E-state index < -0.39 is 5.43 Å². The van der Waals surface area contributed by atoms with Crippen molar-refractivity contribution in [2.75, 3.05) is 26.2 Å². The Morgan fingerprint density at radius 2 is 1.66 bits per heavy atom. The monoisotopic (exact) mass is 476 g/mol. The summed E-state index contributed by atoms with van der Waals surface area (Å²) in [5, 5.41) is 2.94. The largest absolute Gasteiger partial charge is 0.349 e. The van der Waals surface area contributed by atoms with Gasteiger partial charge in [0.2, 0.25) is 5.43 Å². The number of hydrogen-bond donors (Lipinski definition) is 1. The summed E-state index contributed by atoms with van der Waals surface area (Å²) in [6.07, 6.45) is 10.8. The summed E-state index contributed by atoms with van der Waals surface area (Å²) in [6, 6.07) is 8.90. The van der Waals surface area contributed by atoms with E-state index in [1.807, 2.05) is 4.57 Å². The molecule has 1 aromatic heterocycles. The van der Waals surface area contributed by atoms with Crippen LogP contribution in [0.2, 0.25) is 0 Å². The molecule has 1 saturated heterocycles. The van der Waals surface area contributed by atoms with Crippen LogP contribution >= 0.6 is 0 Å². The molecule has 0 spiro atoms. The second-order valence-electron chi connectivity index (χ2n) is 10.5. The first kappa shape index (κ1) is 23.8. The van der Waals surface area contributed by atoms with Gasteiger partial charge in [-0.25, -0.2) is 0 Å². The maximum absolute atomic E-state index is 13.5. The average Bonchev–Trinajstić information content (AvgIpc) is 3.69. The molecule has 2 aliphatic carbocycles. The molecule has 0 bridgehead atoms. The van der Waals surface area contributed by atoms with Crippen LogP contribution in [0.15, 0.2) is 41.5 Å². The SMILES string of the molecule is Cc1cccc(CN2CCN(C(=O)c3cn(C4CCCCC4)cc(C(=O)NC4CC4)c3=O)CC2)c1. The standard InChI is InChI=1S/C28H36N4O3/c1-20-6-5-7-21(16-20)17-30-12-14-31(15-13-30)28(35)25-19-32(23-8-3-2-4-9-23)18-24(26(25)33)27(34)29-22-10-11-22/h5-7,16,18-19,22-23H,2-4,8-15,17H2,1H3,(H,29,34). The van der Waals surface area contributed by atoms with Crippen LogP contribution in [0.3, 0.4) is 0 Å². The van der Waals surface area contributed by atoms with Gasteiger partial charge in [0.05, 0.1) is 0 Å². The van der Waals surface area contributed by atoms with Gasteiger partial charge < -0.3 is 14.8 Å². The minimum atomic E-state index is -0.442. The number of aromatic nitrogens is 1. The number of nitrogens with one attached hydrogen (secondary N) is 1. The third-order valence-electron chi connectivity index (χ3n) is 7.58. The molecule has 1 N–H and O–H groups in total.